The molecule has 0 heterocycles. The van der Waals surface area contributed by atoms with Crippen molar-refractivity contribution in [3.63, 3.8) is 0 Å². The van der Waals surface area contributed by atoms with Crippen molar-refractivity contribution in [2.24, 2.45) is 0 Å². The average molecular weight is 218 g/mol. The lowest BCUT2D eigenvalue weighted by Crippen LogP contribution is -2.32. The second-order valence-corrected chi connectivity index (χ2v) is 4.90. The highest BCUT2D eigenvalue weighted by molar-refractivity contribution is 5.69. The summed E-state index contributed by atoms with van der Waals surface area (Å²) in [5.74, 6) is -0.105. The van der Waals surface area contributed by atoms with Crippen LogP contribution < -0.4 is 0 Å². The maximum absolute atomic E-state index is 11.4. The van der Waals surface area contributed by atoms with E-state index in [2.05, 4.69) is 25.1 Å². The number of hydrogen-bond donors (Lipinski definition) is 0. The van der Waals surface area contributed by atoms with Crippen LogP contribution >= 0.6 is 0 Å². The predicted molar refractivity (Wildman–Crippen MR) is 63.4 cm³/mol. The molecule has 0 saturated heterocycles. The van der Waals surface area contributed by atoms with Crippen molar-refractivity contribution in [2.45, 2.75) is 45.6 Å². The molecule has 1 unspecified atom stereocenters. The Morgan fingerprint density at radius 2 is 2.06 bits per heavy atom. The largest absolute Gasteiger partial charge is 0.459 e. The molecule has 0 aliphatic heterocycles. The average Bonchev–Trinajstić information content (AvgIpc) is 2.53. The summed E-state index contributed by atoms with van der Waals surface area (Å²) >= 11 is 0. The summed E-state index contributed by atoms with van der Waals surface area (Å²) < 4.78 is 5.53. The smallest absolute Gasteiger partial charge is 0.306 e. The molecular formula is C14H18O2. The Morgan fingerprint density at radius 3 is 2.75 bits per heavy atom. The fourth-order valence-corrected chi connectivity index (χ4v) is 2.38. The molecule has 0 N–H and O–H groups in total. The second kappa shape index (κ2) is 3.93. The van der Waals surface area contributed by atoms with E-state index in [1.165, 1.54) is 16.7 Å². The molecule has 1 aliphatic carbocycles. The van der Waals surface area contributed by atoms with Crippen LogP contribution in [-0.2, 0) is 22.4 Å². The quantitative estimate of drug-likeness (QED) is 0.713. The normalized spacial score (nSPS) is 22.9. The first-order valence-electron chi connectivity index (χ1n) is 5.83. The van der Waals surface area contributed by atoms with Crippen LogP contribution in [0.2, 0.25) is 0 Å². The van der Waals surface area contributed by atoms with Crippen LogP contribution in [-0.4, -0.2) is 11.6 Å². The second-order valence-electron chi connectivity index (χ2n) is 4.90. The molecule has 0 radical (unpaired) electrons. The molecule has 0 spiro atoms. The number of aryl methyl sites for hydroxylation is 1. The number of carbonyl (C=O) groups excluding carboxylic acids is 1. The zero-order valence-electron chi connectivity index (χ0n) is 10.2. The van der Waals surface area contributed by atoms with Crippen molar-refractivity contribution < 1.29 is 9.53 Å². The van der Waals surface area contributed by atoms with E-state index in [0.717, 1.165) is 12.8 Å². The summed E-state index contributed by atoms with van der Waals surface area (Å²) in [5, 5.41) is 0. The first kappa shape index (κ1) is 11.2. The summed E-state index contributed by atoms with van der Waals surface area (Å²) in [7, 11) is 0. The Morgan fingerprint density at radius 1 is 1.38 bits per heavy atom. The van der Waals surface area contributed by atoms with Crippen molar-refractivity contribution >= 4 is 5.97 Å². The lowest BCUT2D eigenvalue weighted by molar-refractivity contribution is -0.156. The fraction of sp³-hybridized carbons (Fsp3) is 0.500. The van der Waals surface area contributed by atoms with E-state index in [1.807, 2.05) is 13.8 Å². The van der Waals surface area contributed by atoms with Gasteiger partial charge in [0.15, 0.2) is 0 Å². The van der Waals surface area contributed by atoms with Gasteiger partial charge >= 0.3 is 5.97 Å². The van der Waals surface area contributed by atoms with Crippen LogP contribution in [0.5, 0.6) is 0 Å². The summed E-state index contributed by atoms with van der Waals surface area (Å²) in [6.45, 7) is 5.95. The molecule has 16 heavy (non-hydrogen) atoms. The number of fused-ring (bicyclic) bond motifs is 1. The van der Waals surface area contributed by atoms with Gasteiger partial charge in [-0.3, -0.25) is 4.79 Å². The highest BCUT2D eigenvalue weighted by Crippen LogP contribution is 2.33. The summed E-state index contributed by atoms with van der Waals surface area (Å²) in [6, 6.07) is 6.46. The minimum absolute atomic E-state index is 0.105. The molecule has 0 aromatic heterocycles. The minimum atomic E-state index is -0.330. The first-order valence-corrected chi connectivity index (χ1v) is 5.83. The lowest BCUT2D eigenvalue weighted by Gasteiger charge is -2.23. The third-order valence-corrected chi connectivity index (χ3v) is 3.14. The summed E-state index contributed by atoms with van der Waals surface area (Å²) in [4.78, 5) is 11.4. The van der Waals surface area contributed by atoms with Crippen LogP contribution in [0.1, 0.15) is 37.0 Å². The number of carbonyl (C=O) groups is 1. The standard InChI is InChI=1S/C14H18O2/c1-4-13(15)16-14(3)8-11-6-5-10(2)7-12(11)9-14/h5-7H,4,8-9H2,1-3H3. The maximum atomic E-state index is 11.4. The van der Waals surface area contributed by atoms with Crippen LogP contribution in [0.3, 0.4) is 0 Å². The van der Waals surface area contributed by atoms with Crippen molar-refractivity contribution in [3.05, 3.63) is 34.9 Å². The highest BCUT2D eigenvalue weighted by Gasteiger charge is 2.35. The van der Waals surface area contributed by atoms with Gasteiger partial charge in [0.2, 0.25) is 0 Å². The van der Waals surface area contributed by atoms with Gasteiger partial charge in [-0.05, 0) is 25.0 Å². The molecular weight excluding hydrogens is 200 g/mol. The Hall–Kier alpha value is -1.31. The number of benzene rings is 1. The number of hydrogen-bond acceptors (Lipinski definition) is 2. The van der Waals surface area contributed by atoms with Gasteiger partial charge in [0, 0.05) is 19.3 Å². The van der Waals surface area contributed by atoms with Gasteiger partial charge in [-0.25, -0.2) is 0 Å². The van der Waals surface area contributed by atoms with Crippen LogP contribution in [0, 0.1) is 6.92 Å². The topological polar surface area (TPSA) is 26.3 Å². The molecule has 0 amide bonds. The van der Waals surface area contributed by atoms with Gasteiger partial charge in [-0.1, -0.05) is 30.7 Å². The van der Waals surface area contributed by atoms with Crippen LogP contribution in [0.4, 0.5) is 0 Å². The fourth-order valence-electron chi connectivity index (χ4n) is 2.38. The molecule has 0 fully saturated rings. The Balaban J connectivity index is 2.17. The Kier molecular flexibility index (Phi) is 2.75. The molecule has 0 saturated carbocycles. The van der Waals surface area contributed by atoms with Gasteiger partial charge in [-0.15, -0.1) is 0 Å². The molecule has 0 bridgehead atoms. The van der Waals surface area contributed by atoms with Gasteiger partial charge in [0.25, 0.3) is 0 Å². The SMILES string of the molecule is CCC(=O)OC1(C)Cc2ccc(C)cc2C1. The molecule has 2 rings (SSSR count). The predicted octanol–water partition coefficient (Wildman–Crippen LogP) is 2.81. The lowest BCUT2D eigenvalue weighted by atomic mass is 10.0. The number of rotatable bonds is 2. The third kappa shape index (κ3) is 2.11. The Bertz CT molecular complexity index is 423. The first-order chi connectivity index (χ1) is 7.52. The molecule has 1 aliphatic rings. The van der Waals surface area contributed by atoms with E-state index in [1.54, 1.807) is 0 Å². The van der Waals surface area contributed by atoms with Gasteiger partial charge in [0.1, 0.15) is 5.60 Å². The molecule has 1 aromatic rings. The third-order valence-electron chi connectivity index (χ3n) is 3.14. The van der Waals surface area contributed by atoms with Crippen molar-refractivity contribution in [1.82, 2.24) is 0 Å². The van der Waals surface area contributed by atoms with E-state index < -0.39 is 0 Å². The Labute approximate surface area is 96.6 Å². The van der Waals surface area contributed by atoms with Crippen molar-refractivity contribution in [3.8, 4) is 0 Å². The van der Waals surface area contributed by atoms with Gasteiger partial charge < -0.3 is 4.74 Å². The minimum Gasteiger partial charge on any atom is -0.459 e. The summed E-state index contributed by atoms with van der Waals surface area (Å²) in [6.07, 6.45) is 2.13. The van der Waals surface area contributed by atoms with Gasteiger partial charge in [-0.2, -0.15) is 0 Å². The monoisotopic (exact) mass is 218 g/mol. The highest BCUT2D eigenvalue weighted by atomic mass is 16.6. The van der Waals surface area contributed by atoms with Crippen molar-refractivity contribution in [2.75, 3.05) is 0 Å². The zero-order valence-corrected chi connectivity index (χ0v) is 10.2. The number of ether oxygens (including phenoxy) is 1. The van der Waals surface area contributed by atoms with E-state index in [0.29, 0.717) is 6.42 Å². The zero-order chi connectivity index (χ0) is 11.8. The molecule has 2 nitrogen and oxygen atoms in total. The number of esters is 1. The van der Waals surface area contributed by atoms with E-state index in [-0.39, 0.29) is 11.6 Å². The van der Waals surface area contributed by atoms with Gasteiger partial charge in [0.05, 0.1) is 0 Å². The van der Waals surface area contributed by atoms with Crippen LogP contribution in [0.15, 0.2) is 18.2 Å². The van der Waals surface area contributed by atoms with E-state index >= 15 is 0 Å². The molecule has 1 atom stereocenters. The summed E-state index contributed by atoms with van der Waals surface area (Å²) in [5.41, 5.74) is 3.58. The maximum Gasteiger partial charge on any atom is 0.306 e. The van der Waals surface area contributed by atoms with Crippen molar-refractivity contribution in [1.29, 1.82) is 0 Å². The van der Waals surface area contributed by atoms with E-state index in [4.69, 9.17) is 4.74 Å². The molecule has 2 heteroatoms. The molecule has 1 aromatic carbocycles. The van der Waals surface area contributed by atoms with Crippen LogP contribution in [0.25, 0.3) is 0 Å². The van der Waals surface area contributed by atoms with E-state index in [9.17, 15) is 4.79 Å². The molecule has 86 valence electrons.